The Morgan fingerprint density at radius 3 is 2.67 bits per heavy atom. The van der Waals surface area contributed by atoms with Crippen LogP contribution in [0.4, 0.5) is 0 Å². The minimum absolute atomic E-state index is 0.0749. The largest absolute Gasteiger partial charge is 0.394 e. The van der Waals surface area contributed by atoms with Crippen molar-refractivity contribution >= 4 is 5.91 Å². The molecule has 0 aliphatic carbocycles. The molecule has 3 heteroatoms. The molecule has 1 aromatic rings. The number of aliphatic hydroxyl groups is 1. The molecule has 80 valence electrons. The van der Waals surface area contributed by atoms with Crippen LogP contribution in [-0.2, 0) is 11.2 Å². The van der Waals surface area contributed by atoms with Gasteiger partial charge in [-0.05, 0) is 18.1 Å². The predicted octanol–water partition coefficient (Wildman–Crippen LogP) is 0.892. The van der Waals surface area contributed by atoms with E-state index < -0.39 is 0 Å². The van der Waals surface area contributed by atoms with E-state index in [1.165, 1.54) is 6.08 Å². The Hall–Kier alpha value is -1.61. The zero-order valence-electron chi connectivity index (χ0n) is 8.52. The number of hydrogen-bond donors (Lipinski definition) is 2. The highest BCUT2D eigenvalue weighted by Crippen LogP contribution is 2.02. The summed E-state index contributed by atoms with van der Waals surface area (Å²) < 4.78 is 0. The summed E-state index contributed by atoms with van der Waals surface area (Å²) in [4.78, 5) is 11.0. The molecule has 0 bridgehead atoms. The van der Waals surface area contributed by atoms with E-state index in [2.05, 4.69) is 11.9 Å². The van der Waals surface area contributed by atoms with E-state index in [0.29, 0.717) is 6.42 Å². The summed E-state index contributed by atoms with van der Waals surface area (Å²) in [6.07, 6.45) is 1.82. The summed E-state index contributed by atoms with van der Waals surface area (Å²) in [5, 5.41) is 11.7. The number of amides is 1. The molecular weight excluding hydrogens is 190 g/mol. The van der Waals surface area contributed by atoms with Crippen molar-refractivity contribution in [1.29, 1.82) is 0 Å². The van der Waals surface area contributed by atoms with E-state index in [-0.39, 0.29) is 18.6 Å². The molecule has 3 nitrogen and oxygen atoms in total. The Morgan fingerprint density at radius 1 is 1.47 bits per heavy atom. The lowest BCUT2D eigenvalue weighted by molar-refractivity contribution is -0.117. The first-order valence-electron chi connectivity index (χ1n) is 4.84. The van der Waals surface area contributed by atoms with Gasteiger partial charge in [0.25, 0.3) is 0 Å². The van der Waals surface area contributed by atoms with Crippen molar-refractivity contribution in [1.82, 2.24) is 5.32 Å². The van der Waals surface area contributed by atoms with Crippen molar-refractivity contribution in [2.45, 2.75) is 12.5 Å². The van der Waals surface area contributed by atoms with Crippen LogP contribution in [0.1, 0.15) is 5.56 Å². The summed E-state index contributed by atoms with van der Waals surface area (Å²) in [5.41, 5.74) is 1.08. The average molecular weight is 205 g/mol. The van der Waals surface area contributed by atoms with Crippen LogP contribution in [0.25, 0.3) is 0 Å². The maximum atomic E-state index is 11.0. The van der Waals surface area contributed by atoms with Crippen molar-refractivity contribution < 1.29 is 9.90 Å². The molecule has 0 heterocycles. The van der Waals surface area contributed by atoms with Gasteiger partial charge in [-0.1, -0.05) is 36.9 Å². The number of rotatable bonds is 5. The number of aliphatic hydroxyl groups excluding tert-OH is 1. The minimum atomic E-state index is -0.259. The Morgan fingerprint density at radius 2 is 2.13 bits per heavy atom. The molecule has 1 rings (SSSR count). The maximum absolute atomic E-state index is 11.0. The second-order valence-electron chi connectivity index (χ2n) is 3.28. The molecule has 1 aromatic carbocycles. The lowest BCUT2D eigenvalue weighted by atomic mass is 10.1. The van der Waals surface area contributed by atoms with Crippen LogP contribution in [0.3, 0.4) is 0 Å². The third-order valence-electron chi connectivity index (χ3n) is 2.08. The zero-order chi connectivity index (χ0) is 11.1. The van der Waals surface area contributed by atoms with E-state index in [0.717, 1.165) is 5.56 Å². The van der Waals surface area contributed by atoms with Crippen LogP contribution in [0.5, 0.6) is 0 Å². The Kier molecular flexibility index (Phi) is 4.57. The third-order valence-corrected chi connectivity index (χ3v) is 2.08. The van der Waals surface area contributed by atoms with Gasteiger partial charge in [-0.3, -0.25) is 4.79 Å². The standard InChI is InChI=1S/C12H15NO2/c1-2-12(15)13-11(9-14)8-10-6-4-3-5-7-10/h2-7,11,14H,1,8-9H2,(H,13,15)/t11-/m1/s1. The number of carbonyl (C=O) groups excluding carboxylic acids is 1. The molecule has 0 aromatic heterocycles. The van der Waals surface area contributed by atoms with Gasteiger partial charge in [0, 0.05) is 0 Å². The fourth-order valence-corrected chi connectivity index (χ4v) is 1.32. The Balaban J connectivity index is 2.54. The second kappa shape index (κ2) is 5.98. The van der Waals surface area contributed by atoms with Crippen molar-refractivity contribution in [3.63, 3.8) is 0 Å². The van der Waals surface area contributed by atoms with Gasteiger partial charge in [-0.25, -0.2) is 0 Å². The summed E-state index contributed by atoms with van der Waals surface area (Å²) in [6.45, 7) is 3.29. The molecule has 0 aliphatic rings. The highest BCUT2D eigenvalue weighted by Gasteiger charge is 2.09. The first-order valence-corrected chi connectivity index (χ1v) is 4.84. The van der Waals surface area contributed by atoms with Crippen molar-refractivity contribution in [3.05, 3.63) is 48.6 Å². The Bertz CT molecular complexity index is 322. The Labute approximate surface area is 89.4 Å². The molecule has 0 radical (unpaired) electrons. The predicted molar refractivity (Wildman–Crippen MR) is 59.4 cm³/mol. The van der Waals surface area contributed by atoms with Crippen molar-refractivity contribution in [2.75, 3.05) is 6.61 Å². The second-order valence-corrected chi connectivity index (χ2v) is 3.28. The van der Waals surface area contributed by atoms with Crippen LogP contribution in [-0.4, -0.2) is 23.7 Å². The van der Waals surface area contributed by atoms with Crippen LogP contribution < -0.4 is 5.32 Å². The molecule has 1 atom stereocenters. The topological polar surface area (TPSA) is 49.3 Å². The molecule has 0 saturated heterocycles. The summed E-state index contributed by atoms with van der Waals surface area (Å²) >= 11 is 0. The highest BCUT2D eigenvalue weighted by molar-refractivity contribution is 5.87. The van der Waals surface area contributed by atoms with E-state index in [9.17, 15) is 4.79 Å². The summed E-state index contributed by atoms with van der Waals surface area (Å²) in [6, 6.07) is 9.46. The third kappa shape index (κ3) is 3.95. The number of benzene rings is 1. The quantitative estimate of drug-likeness (QED) is 0.701. The monoisotopic (exact) mass is 205 g/mol. The van der Waals surface area contributed by atoms with E-state index in [1.54, 1.807) is 0 Å². The van der Waals surface area contributed by atoms with E-state index in [4.69, 9.17) is 5.11 Å². The van der Waals surface area contributed by atoms with Crippen LogP contribution in [0.2, 0.25) is 0 Å². The zero-order valence-corrected chi connectivity index (χ0v) is 8.52. The van der Waals surface area contributed by atoms with Crippen LogP contribution >= 0.6 is 0 Å². The van der Waals surface area contributed by atoms with Crippen LogP contribution in [0.15, 0.2) is 43.0 Å². The lowest BCUT2D eigenvalue weighted by Crippen LogP contribution is -2.38. The molecule has 2 N–H and O–H groups in total. The maximum Gasteiger partial charge on any atom is 0.243 e. The molecule has 1 amide bonds. The number of hydrogen-bond acceptors (Lipinski definition) is 2. The normalized spacial score (nSPS) is 11.8. The van der Waals surface area contributed by atoms with Gasteiger partial charge >= 0.3 is 0 Å². The SMILES string of the molecule is C=CC(=O)N[C@@H](CO)Cc1ccccc1. The smallest absolute Gasteiger partial charge is 0.243 e. The first kappa shape index (κ1) is 11.5. The molecule has 0 spiro atoms. The lowest BCUT2D eigenvalue weighted by Gasteiger charge is -2.14. The number of carbonyl (C=O) groups is 1. The van der Waals surface area contributed by atoms with E-state index >= 15 is 0 Å². The summed E-state index contributed by atoms with van der Waals surface area (Å²) in [5.74, 6) is -0.259. The molecule has 0 aliphatic heterocycles. The van der Waals surface area contributed by atoms with Gasteiger partial charge in [-0.2, -0.15) is 0 Å². The van der Waals surface area contributed by atoms with Gasteiger partial charge < -0.3 is 10.4 Å². The van der Waals surface area contributed by atoms with Gasteiger partial charge in [0.05, 0.1) is 12.6 Å². The van der Waals surface area contributed by atoms with Gasteiger partial charge in [0.1, 0.15) is 0 Å². The fraction of sp³-hybridized carbons (Fsp3) is 0.250. The van der Waals surface area contributed by atoms with Crippen LogP contribution in [0, 0.1) is 0 Å². The van der Waals surface area contributed by atoms with E-state index in [1.807, 2.05) is 30.3 Å². The molecule has 0 unspecified atom stereocenters. The highest BCUT2D eigenvalue weighted by atomic mass is 16.3. The summed E-state index contributed by atoms with van der Waals surface area (Å²) in [7, 11) is 0. The fourth-order valence-electron chi connectivity index (χ4n) is 1.32. The molecular formula is C12H15NO2. The van der Waals surface area contributed by atoms with Crippen molar-refractivity contribution in [2.24, 2.45) is 0 Å². The molecule has 15 heavy (non-hydrogen) atoms. The van der Waals surface area contributed by atoms with Gasteiger partial charge in [0.2, 0.25) is 5.91 Å². The number of nitrogens with one attached hydrogen (secondary N) is 1. The van der Waals surface area contributed by atoms with Gasteiger partial charge in [-0.15, -0.1) is 0 Å². The minimum Gasteiger partial charge on any atom is -0.394 e. The van der Waals surface area contributed by atoms with Crippen molar-refractivity contribution in [3.8, 4) is 0 Å². The molecule has 0 saturated carbocycles. The average Bonchev–Trinajstić information content (AvgIpc) is 2.29. The first-order chi connectivity index (χ1) is 7.26. The molecule has 0 fully saturated rings. The van der Waals surface area contributed by atoms with Gasteiger partial charge in [0.15, 0.2) is 0 Å².